The van der Waals surface area contributed by atoms with E-state index >= 15 is 0 Å². The van der Waals surface area contributed by atoms with E-state index in [1.165, 1.54) is 0 Å². The highest BCUT2D eigenvalue weighted by Crippen LogP contribution is 2.50. The third-order valence-electron chi connectivity index (χ3n) is 7.75. The first-order chi connectivity index (χ1) is 29.2. The van der Waals surface area contributed by atoms with Crippen molar-refractivity contribution in [2.24, 2.45) is 20.5 Å². The molecule has 0 spiro atoms. The van der Waals surface area contributed by atoms with Gasteiger partial charge in [0.25, 0.3) is 40.5 Å². The van der Waals surface area contributed by atoms with Gasteiger partial charge in [0, 0.05) is 18.4 Å². The zero-order valence-electron chi connectivity index (χ0n) is 30.2. The van der Waals surface area contributed by atoms with Crippen LogP contribution in [0, 0.1) is 0 Å². The van der Waals surface area contributed by atoms with Crippen molar-refractivity contribution in [3.05, 3.63) is 69.7 Å². The fraction of sp³-hybridized carbons (Fsp3) is 0.0345. The first kappa shape index (κ1) is 46.9. The molecule has 330 valence electrons. The summed E-state index contributed by atoms with van der Waals surface area (Å²) in [6, 6.07) is 6.92. The van der Waals surface area contributed by atoms with Crippen molar-refractivity contribution in [3.63, 3.8) is 0 Å². The molecule has 0 radical (unpaired) electrons. The highest BCUT2D eigenvalue weighted by Gasteiger charge is 2.29. The molecule has 0 bridgehead atoms. The average Bonchev–Trinajstić information content (AvgIpc) is 3.13. The highest BCUT2D eigenvalue weighted by atomic mass is 35.5. The zero-order chi connectivity index (χ0) is 46.4. The number of nitrogens with one attached hydrogen (secondary N) is 3. The van der Waals surface area contributed by atoms with Crippen molar-refractivity contribution in [1.82, 2.24) is 29.9 Å². The van der Waals surface area contributed by atoms with E-state index in [2.05, 4.69) is 66.3 Å². The lowest BCUT2D eigenvalue weighted by Crippen LogP contribution is -2.04. The molecule has 0 saturated carbocycles. The van der Waals surface area contributed by atoms with Crippen molar-refractivity contribution in [3.8, 4) is 5.75 Å². The van der Waals surface area contributed by atoms with Crippen LogP contribution in [-0.2, 0) is 40.5 Å². The van der Waals surface area contributed by atoms with Crippen molar-refractivity contribution in [2.45, 2.75) is 19.6 Å². The Balaban J connectivity index is 1.57. The maximum Gasteiger partial charge on any atom is 0.296 e. The normalized spacial score (nSPS) is 12.7. The van der Waals surface area contributed by atoms with Crippen LogP contribution < -0.4 is 16.0 Å². The van der Waals surface area contributed by atoms with Gasteiger partial charge in [-0.25, -0.2) is 0 Å². The van der Waals surface area contributed by atoms with E-state index in [1.807, 2.05) is 0 Å². The number of aromatic hydroxyl groups is 1. The van der Waals surface area contributed by atoms with Gasteiger partial charge < -0.3 is 21.1 Å². The molecule has 6 rings (SSSR count). The summed E-state index contributed by atoms with van der Waals surface area (Å²) in [6.45, 7) is 0. The molecule has 0 fully saturated rings. The Kier molecular flexibility index (Phi) is 13.0. The van der Waals surface area contributed by atoms with Gasteiger partial charge in [-0.05, 0) is 100 Å². The second kappa shape index (κ2) is 17.5. The predicted molar refractivity (Wildman–Crippen MR) is 222 cm³/mol. The Bertz CT molecular complexity index is 3380. The van der Waals surface area contributed by atoms with Gasteiger partial charge in [-0.3, -0.25) is 18.2 Å². The number of fused-ring (bicyclic) bond motifs is 1. The van der Waals surface area contributed by atoms with E-state index in [0.717, 1.165) is 43.4 Å². The molecule has 0 aliphatic carbocycles. The molecular weight excluding hydrogens is 1010 g/mol. The molecule has 0 amide bonds. The van der Waals surface area contributed by atoms with Crippen molar-refractivity contribution in [2.75, 3.05) is 23.0 Å². The Morgan fingerprint density at radius 2 is 0.873 bits per heavy atom. The second-order valence-electron chi connectivity index (χ2n) is 11.8. The third-order valence-corrected chi connectivity index (χ3v) is 12.0. The molecule has 0 aliphatic rings. The molecule has 34 heteroatoms. The van der Waals surface area contributed by atoms with Crippen LogP contribution in [0.25, 0.3) is 10.8 Å². The Labute approximate surface area is 372 Å². The second-order valence-corrected chi connectivity index (χ2v) is 18.7. The Morgan fingerprint density at radius 1 is 0.508 bits per heavy atom. The van der Waals surface area contributed by atoms with E-state index in [0.29, 0.717) is 12.1 Å². The fourth-order valence-electron chi connectivity index (χ4n) is 5.33. The molecule has 6 aromatic rings. The number of phenols is 1. The van der Waals surface area contributed by atoms with Crippen LogP contribution in [0.1, 0.15) is 0 Å². The third kappa shape index (κ3) is 10.8. The van der Waals surface area contributed by atoms with Gasteiger partial charge in [0.1, 0.15) is 42.3 Å². The van der Waals surface area contributed by atoms with Crippen LogP contribution in [0.4, 0.5) is 51.7 Å². The molecule has 26 nitrogen and oxygen atoms in total. The fourth-order valence-corrected chi connectivity index (χ4v) is 8.58. The molecule has 2 aromatic heterocycles. The number of nitrogens with zero attached hydrogens (tertiary/aromatic N) is 10. The SMILES string of the molecule is CNc1c(N=Nc2cc(Nc3nc(Cl)nc(Cl)n3)ccc2S(=O)(=O)O)c(S(=O)(=O)O)cc2cc(S(=O)(=O)O)c(N=Nc3cc(Nc4nc(Cl)nc(Cl)n4)ccc3S(=O)(=O)O)c(O)c12. The van der Waals surface area contributed by atoms with E-state index < -0.39 is 105 Å². The zero-order valence-corrected chi connectivity index (χ0v) is 36.5. The predicted octanol–water partition coefficient (Wildman–Crippen LogP) is 6.88. The molecule has 8 N–H and O–H groups in total. The average molecular weight is 1030 g/mol. The van der Waals surface area contributed by atoms with Crippen molar-refractivity contribution < 1.29 is 57.0 Å². The lowest BCUT2D eigenvalue weighted by molar-refractivity contribution is 0.472. The van der Waals surface area contributed by atoms with Gasteiger partial charge in [0.15, 0.2) is 5.75 Å². The number of azo groups is 2. The summed E-state index contributed by atoms with van der Waals surface area (Å²) in [5.41, 5.74) is -4.11. The van der Waals surface area contributed by atoms with Crippen molar-refractivity contribution in [1.29, 1.82) is 0 Å². The topological polar surface area (TPSA) is 401 Å². The lowest BCUT2D eigenvalue weighted by Gasteiger charge is -2.16. The Hall–Kier alpha value is -5.64. The molecule has 4 aromatic carbocycles. The minimum atomic E-state index is -5.45. The van der Waals surface area contributed by atoms with Gasteiger partial charge >= 0.3 is 0 Å². The summed E-state index contributed by atoms with van der Waals surface area (Å²) >= 11 is 23.2. The maximum absolute atomic E-state index is 12.8. The van der Waals surface area contributed by atoms with Gasteiger partial charge in [-0.1, -0.05) is 0 Å². The summed E-state index contributed by atoms with van der Waals surface area (Å²) in [5.74, 6) is -1.72. The number of anilines is 5. The minimum absolute atomic E-state index is 0.0413. The summed E-state index contributed by atoms with van der Waals surface area (Å²) in [5, 5.41) is 31.9. The van der Waals surface area contributed by atoms with E-state index in [9.17, 15) is 57.0 Å². The van der Waals surface area contributed by atoms with E-state index in [-0.39, 0.29) is 44.4 Å². The first-order valence-electron chi connectivity index (χ1n) is 16.0. The van der Waals surface area contributed by atoms with E-state index in [1.54, 1.807) is 0 Å². The number of aromatic nitrogens is 6. The number of phenolic OH excluding ortho intramolecular Hbond substituents is 1. The summed E-state index contributed by atoms with van der Waals surface area (Å²) in [4.78, 5) is 18.1. The van der Waals surface area contributed by atoms with Gasteiger partial charge in [-0.15, -0.1) is 20.5 Å². The molecule has 0 aliphatic heterocycles. The first-order valence-corrected chi connectivity index (χ1v) is 23.2. The number of benzene rings is 4. The van der Waals surface area contributed by atoms with Crippen molar-refractivity contribution >= 4 is 149 Å². The highest BCUT2D eigenvalue weighted by molar-refractivity contribution is 7.86. The smallest absolute Gasteiger partial charge is 0.296 e. The number of halogens is 4. The van der Waals surface area contributed by atoms with Gasteiger partial charge in [-0.2, -0.15) is 63.6 Å². The Morgan fingerprint density at radius 3 is 1.24 bits per heavy atom. The van der Waals surface area contributed by atoms with Crippen LogP contribution in [0.5, 0.6) is 5.75 Å². The lowest BCUT2D eigenvalue weighted by atomic mass is 10.0. The van der Waals surface area contributed by atoms with Crippen LogP contribution in [0.15, 0.2) is 88.6 Å². The van der Waals surface area contributed by atoms with Crippen LogP contribution in [0.2, 0.25) is 21.1 Å². The van der Waals surface area contributed by atoms with E-state index in [4.69, 9.17) is 46.4 Å². The maximum atomic E-state index is 12.8. The molecule has 0 saturated heterocycles. The summed E-state index contributed by atoms with van der Waals surface area (Å²) < 4.78 is 141. The molecule has 0 atom stereocenters. The summed E-state index contributed by atoms with van der Waals surface area (Å²) in [6.07, 6.45) is 0. The van der Waals surface area contributed by atoms with Crippen LogP contribution in [0.3, 0.4) is 0 Å². The van der Waals surface area contributed by atoms with Gasteiger partial charge in [0.05, 0.1) is 11.1 Å². The largest absolute Gasteiger partial charge is 0.505 e. The quantitative estimate of drug-likeness (QED) is 0.0431. The molecular formula is C29H19Cl4N13O13S4. The monoisotopic (exact) mass is 1020 g/mol. The van der Waals surface area contributed by atoms with Crippen LogP contribution >= 0.6 is 46.4 Å². The number of rotatable bonds is 13. The minimum Gasteiger partial charge on any atom is -0.505 e. The standard InChI is InChI=1S/C29H19Cl4N13O13S4/c1-34-22-19-10(6-17(62(54,55)56)20(22)45-43-13-8-11(2-4-15(13)60(48,49)50)35-28-39-24(30)37-25(31)40-28)7-18(63(57,58)59)21(23(19)47)46-44-14-9-12(3-5-16(14)61(51,52)53)36-29-41-26(32)38-27(33)42-29/h2-9,34,47H,1H3,(H,48,49,50)(H,51,52,53)(H,54,55,56)(H,57,58,59)(H,35,37,39,40)(H,36,38,41,42). The molecule has 2 heterocycles. The number of hydrogen-bond donors (Lipinski definition) is 8. The molecule has 0 unspecified atom stereocenters. The molecule has 63 heavy (non-hydrogen) atoms. The van der Waals surface area contributed by atoms with Gasteiger partial charge in [0.2, 0.25) is 33.0 Å². The van der Waals surface area contributed by atoms with Crippen LogP contribution in [-0.4, -0.2) is 93.9 Å². The summed E-state index contributed by atoms with van der Waals surface area (Å²) in [7, 11) is -19.9. The number of hydrogen-bond acceptors (Lipinski definition) is 22.